The van der Waals surface area contributed by atoms with Crippen LogP contribution in [0.15, 0.2) is 23.4 Å². The van der Waals surface area contributed by atoms with Crippen LogP contribution in [0.5, 0.6) is 0 Å². The summed E-state index contributed by atoms with van der Waals surface area (Å²) in [6, 6.07) is 4.24. The molecule has 4 heteroatoms. The first-order chi connectivity index (χ1) is 6.74. The fourth-order valence-corrected chi connectivity index (χ4v) is 2.99. The number of halogens is 1. The lowest BCUT2D eigenvalue weighted by atomic mass is 10.3. The van der Waals surface area contributed by atoms with Gasteiger partial charge in [0.05, 0.1) is 10.0 Å². The Morgan fingerprint density at radius 2 is 2.29 bits per heavy atom. The molecule has 0 aromatic carbocycles. The maximum Gasteiger partial charge on any atom is 0.0963 e. The Morgan fingerprint density at radius 3 is 2.86 bits per heavy atom. The summed E-state index contributed by atoms with van der Waals surface area (Å²) in [5, 5.41) is 2.38. The number of nitrogens with zero attached hydrogens (tertiary/aromatic N) is 1. The molecule has 1 aliphatic carbocycles. The van der Waals surface area contributed by atoms with Gasteiger partial charge in [0, 0.05) is 17.5 Å². The molecule has 2 nitrogen and oxygen atoms in total. The monoisotopic (exact) mass is 228 g/mol. The van der Waals surface area contributed by atoms with Crippen molar-refractivity contribution in [2.45, 2.75) is 35.6 Å². The number of hydrogen-bond acceptors (Lipinski definition) is 3. The second kappa shape index (κ2) is 4.51. The molecule has 1 aromatic rings. The van der Waals surface area contributed by atoms with Gasteiger partial charge in [-0.2, -0.15) is 0 Å². The highest BCUT2D eigenvalue weighted by atomic mass is 35.5. The zero-order chi connectivity index (χ0) is 9.97. The maximum absolute atomic E-state index is 5.85. The number of rotatable bonds is 2. The first-order valence-corrected chi connectivity index (χ1v) is 6.03. The van der Waals surface area contributed by atoms with Crippen molar-refractivity contribution >= 4 is 23.4 Å². The molecule has 1 saturated carbocycles. The van der Waals surface area contributed by atoms with E-state index < -0.39 is 0 Å². The van der Waals surface area contributed by atoms with E-state index in [4.69, 9.17) is 17.3 Å². The van der Waals surface area contributed by atoms with Crippen molar-refractivity contribution in [2.24, 2.45) is 5.73 Å². The van der Waals surface area contributed by atoms with Gasteiger partial charge in [0.1, 0.15) is 0 Å². The van der Waals surface area contributed by atoms with Gasteiger partial charge in [-0.25, -0.2) is 4.98 Å². The van der Waals surface area contributed by atoms with E-state index in [2.05, 4.69) is 4.98 Å². The van der Waals surface area contributed by atoms with E-state index in [-0.39, 0.29) is 0 Å². The molecule has 0 amide bonds. The van der Waals surface area contributed by atoms with Crippen LogP contribution in [0.4, 0.5) is 0 Å². The highest BCUT2D eigenvalue weighted by molar-refractivity contribution is 7.99. The fraction of sp³-hybridized carbons (Fsp3) is 0.500. The average molecular weight is 229 g/mol. The van der Waals surface area contributed by atoms with Crippen LogP contribution in [0.25, 0.3) is 0 Å². The highest BCUT2D eigenvalue weighted by Crippen LogP contribution is 2.33. The Labute approximate surface area is 93.2 Å². The van der Waals surface area contributed by atoms with Gasteiger partial charge >= 0.3 is 0 Å². The van der Waals surface area contributed by atoms with Gasteiger partial charge in [0.25, 0.3) is 0 Å². The normalized spacial score (nSPS) is 26.7. The molecule has 2 rings (SSSR count). The molecule has 76 valence electrons. The molecule has 1 aliphatic rings. The quantitative estimate of drug-likeness (QED) is 0.846. The molecule has 14 heavy (non-hydrogen) atoms. The lowest BCUT2D eigenvalue weighted by molar-refractivity contribution is 0.705. The number of hydrogen-bond donors (Lipinski definition) is 1. The van der Waals surface area contributed by atoms with E-state index in [1.807, 2.05) is 23.9 Å². The third kappa shape index (κ3) is 2.62. The smallest absolute Gasteiger partial charge is 0.0963 e. The van der Waals surface area contributed by atoms with E-state index in [0.29, 0.717) is 16.3 Å². The lowest BCUT2D eigenvalue weighted by Crippen LogP contribution is -2.15. The molecule has 2 N–H and O–H groups in total. The minimum Gasteiger partial charge on any atom is -0.328 e. The molecule has 2 unspecified atom stereocenters. The first kappa shape index (κ1) is 10.3. The molecule has 0 bridgehead atoms. The van der Waals surface area contributed by atoms with Gasteiger partial charge < -0.3 is 5.73 Å². The second-order valence-corrected chi connectivity index (χ2v) is 5.38. The van der Waals surface area contributed by atoms with Crippen LogP contribution in [0.3, 0.4) is 0 Å². The van der Waals surface area contributed by atoms with Crippen molar-refractivity contribution in [2.75, 3.05) is 0 Å². The molecule has 0 spiro atoms. The summed E-state index contributed by atoms with van der Waals surface area (Å²) in [7, 11) is 0. The summed E-state index contributed by atoms with van der Waals surface area (Å²) < 4.78 is 0. The van der Waals surface area contributed by atoms with Crippen molar-refractivity contribution in [3.8, 4) is 0 Å². The third-order valence-electron chi connectivity index (χ3n) is 2.41. The van der Waals surface area contributed by atoms with Gasteiger partial charge in [0.15, 0.2) is 0 Å². The molecule has 1 fully saturated rings. The second-order valence-electron chi connectivity index (χ2n) is 3.63. The van der Waals surface area contributed by atoms with E-state index >= 15 is 0 Å². The summed E-state index contributed by atoms with van der Waals surface area (Å²) in [5.41, 5.74) is 5.85. The fourth-order valence-electron chi connectivity index (χ4n) is 1.68. The van der Waals surface area contributed by atoms with Crippen LogP contribution < -0.4 is 5.73 Å². The largest absolute Gasteiger partial charge is 0.328 e. The molecule has 2 atom stereocenters. The van der Waals surface area contributed by atoms with Crippen molar-refractivity contribution in [3.05, 3.63) is 23.4 Å². The van der Waals surface area contributed by atoms with Gasteiger partial charge in [-0.15, -0.1) is 11.8 Å². The maximum atomic E-state index is 5.85. The zero-order valence-electron chi connectivity index (χ0n) is 7.82. The minimum absolute atomic E-state index is 0.389. The Balaban J connectivity index is 1.94. The van der Waals surface area contributed by atoms with Gasteiger partial charge in [-0.05, 0) is 31.4 Å². The Hall–Kier alpha value is -0.250. The van der Waals surface area contributed by atoms with Gasteiger partial charge in [-0.1, -0.05) is 11.6 Å². The molecule has 1 aromatic heterocycles. The Morgan fingerprint density at radius 1 is 1.43 bits per heavy atom. The average Bonchev–Trinajstić information content (AvgIpc) is 2.56. The van der Waals surface area contributed by atoms with Crippen LogP contribution in [0, 0.1) is 0 Å². The number of aromatic nitrogens is 1. The molecular weight excluding hydrogens is 216 g/mol. The molecule has 0 aliphatic heterocycles. The van der Waals surface area contributed by atoms with Crippen LogP contribution in [0.1, 0.15) is 19.3 Å². The van der Waals surface area contributed by atoms with Crippen LogP contribution in [0.2, 0.25) is 5.02 Å². The predicted molar refractivity (Wildman–Crippen MR) is 60.7 cm³/mol. The van der Waals surface area contributed by atoms with E-state index in [1.54, 1.807) is 6.20 Å². The minimum atomic E-state index is 0.389. The zero-order valence-corrected chi connectivity index (χ0v) is 9.39. The van der Waals surface area contributed by atoms with E-state index in [0.717, 1.165) is 17.9 Å². The Bertz CT molecular complexity index is 301. The van der Waals surface area contributed by atoms with Gasteiger partial charge in [0.2, 0.25) is 0 Å². The van der Waals surface area contributed by atoms with Crippen molar-refractivity contribution in [3.63, 3.8) is 0 Å². The Kier molecular flexibility index (Phi) is 3.31. The van der Waals surface area contributed by atoms with Crippen LogP contribution in [-0.4, -0.2) is 16.3 Å². The molecule has 0 radical (unpaired) electrons. The molecule has 1 heterocycles. The first-order valence-electron chi connectivity index (χ1n) is 4.78. The summed E-state index contributed by atoms with van der Waals surface area (Å²) in [6.45, 7) is 0. The molecule has 0 saturated heterocycles. The van der Waals surface area contributed by atoms with Crippen molar-refractivity contribution < 1.29 is 0 Å². The van der Waals surface area contributed by atoms with Crippen molar-refractivity contribution in [1.82, 2.24) is 4.98 Å². The molecular formula is C10H13ClN2S. The van der Waals surface area contributed by atoms with Crippen molar-refractivity contribution in [1.29, 1.82) is 0 Å². The summed E-state index contributed by atoms with van der Waals surface area (Å²) in [4.78, 5) is 4.26. The number of thioether (sulfide) groups is 1. The summed E-state index contributed by atoms with van der Waals surface area (Å²) in [5.74, 6) is 0. The third-order valence-corrected chi connectivity index (χ3v) is 3.88. The topological polar surface area (TPSA) is 38.9 Å². The SMILES string of the molecule is NC1CCC(Sc2ccc(Cl)cn2)C1. The lowest BCUT2D eigenvalue weighted by Gasteiger charge is -2.07. The van der Waals surface area contributed by atoms with E-state index in [1.165, 1.54) is 6.42 Å². The highest BCUT2D eigenvalue weighted by Gasteiger charge is 2.22. The van der Waals surface area contributed by atoms with Crippen LogP contribution in [-0.2, 0) is 0 Å². The summed E-state index contributed by atoms with van der Waals surface area (Å²) >= 11 is 7.57. The van der Waals surface area contributed by atoms with Crippen LogP contribution >= 0.6 is 23.4 Å². The number of pyridine rings is 1. The number of nitrogens with two attached hydrogens (primary N) is 1. The predicted octanol–water partition coefficient (Wildman–Crippen LogP) is 2.71. The van der Waals surface area contributed by atoms with E-state index in [9.17, 15) is 0 Å². The summed E-state index contributed by atoms with van der Waals surface area (Å²) in [6.07, 6.45) is 5.15. The van der Waals surface area contributed by atoms with Gasteiger partial charge in [-0.3, -0.25) is 0 Å². The standard InChI is InChI=1S/C10H13ClN2S/c11-7-1-4-10(13-6-7)14-9-3-2-8(12)5-9/h1,4,6,8-9H,2-3,5,12H2.